The Morgan fingerprint density at radius 3 is 2.54 bits per heavy atom. The van der Waals surface area contributed by atoms with E-state index in [2.05, 4.69) is 5.32 Å². The van der Waals surface area contributed by atoms with Crippen LogP contribution in [0.15, 0.2) is 59.4 Å². The highest BCUT2D eigenvalue weighted by Gasteiger charge is 2.26. The van der Waals surface area contributed by atoms with Crippen molar-refractivity contribution in [2.45, 2.75) is 18.9 Å². The summed E-state index contributed by atoms with van der Waals surface area (Å²) in [7, 11) is 0. The first-order chi connectivity index (χ1) is 13.6. The molecule has 1 N–H and O–H groups in total. The minimum Gasteiger partial charge on any atom is -0.352 e. The van der Waals surface area contributed by atoms with Gasteiger partial charge >= 0.3 is 0 Å². The number of benzene rings is 2. The number of rotatable bonds is 6. The quantitative estimate of drug-likeness (QED) is 0.697. The lowest BCUT2D eigenvalue weighted by molar-refractivity contribution is -0.128. The van der Waals surface area contributed by atoms with Crippen LogP contribution in [0.25, 0.3) is 10.1 Å². The van der Waals surface area contributed by atoms with Gasteiger partial charge in [-0.3, -0.25) is 14.4 Å². The number of aromatic nitrogens is 1. The summed E-state index contributed by atoms with van der Waals surface area (Å²) in [4.78, 5) is 39.5. The lowest BCUT2D eigenvalue weighted by Crippen LogP contribution is -2.40. The van der Waals surface area contributed by atoms with Gasteiger partial charge in [-0.15, -0.1) is 0 Å². The summed E-state index contributed by atoms with van der Waals surface area (Å²) >= 11 is 1.29. The van der Waals surface area contributed by atoms with Crippen molar-refractivity contribution < 1.29 is 9.59 Å². The van der Waals surface area contributed by atoms with Gasteiger partial charge in [-0.2, -0.15) is 0 Å². The molecule has 4 rings (SSSR count). The molecule has 0 radical (unpaired) electrons. The van der Waals surface area contributed by atoms with E-state index >= 15 is 0 Å². The summed E-state index contributed by atoms with van der Waals surface area (Å²) < 4.78 is 2.39. The van der Waals surface area contributed by atoms with Crippen molar-refractivity contribution in [3.63, 3.8) is 0 Å². The lowest BCUT2D eigenvalue weighted by Gasteiger charge is -2.20. The van der Waals surface area contributed by atoms with E-state index in [0.29, 0.717) is 24.9 Å². The largest absolute Gasteiger partial charge is 0.352 e. The third-order valence-corrected chi connectivity index (χ3v) is 6.09. The highest BCUT2D eigenvalue weighted by Crippen LogP contribution is 2.24. The maximum Gasteiger partial charge on any atom is 0.269 e. The molecule has 1 aromatic heterocycles. The van der Waals surface area contributed by atoms with E-state index in [1.165, 1.54) is 15.5 Å². The number of hydrogen-bond acceptors (Lipinski definition) is 4. The monoisotopic (exact) mass is 395 g/mol. The molecule has 1 saturated heterocycles. The Hall–Kier alpha value is -2.93. The standard InChI is InChI=1S/C21H21N3O3S/c25-18-11-6-13-23(18)14-12-22-20(26)19(15-7-2-1-3-8-15)24-21(27)16-9-4-5-10-17(16)28-24/h1-5,7-10,19H,6,11-14H2,(H,22,26). The maximum absolute atomic E-state index is 13.1. The fraction of sp³-hybridized carbons (Fsp3) is 0.286. The molecule has 1 unspecified atom stereocenters. The molecule has 7 heteroatoms. The fourth-order valence-corrected chi connectivity index (χ4v) is 4.65. The number of amides is 2. The summed E-state index contributed by atoms with van der Waals surface area (Å²) in [5, 5.41) is 3.53. The highest BCUT2D eigenvalue weighted by atomic mass is 32.1. The summed E-state index contributed by atoms with van der Waals surface area (Å²) in [5.41, 5.74) is 0.588. The van der Waals surface area contributed by atoms with E-state index in [4.69, 9.17) is 0 Å². The molecule has 6 nitrogen and oxygen atoms in total. The van der Waals surface area contributed by atoms with E-state index < -0.39 is 6.04 Å². The normalized spacial score (nSPS) is 15.1. The van der Waals surface area contributed by atoms with Crippen LogP contribution in [-0.2, 0) is 9.59 Å². The smallest absolute Gasteiger partial charge is 0.269 e. The average molecular weight is 395 g/mol. The van der Waals surface area contributed by atoms with Crippen LogP contribution < -0.4 is 10.9 Å². The Bertz CT molecular complexity index is 1060. The zero-order chi connectivity index (χ0) is 19.5. The van der Waals surface area contributed by atoms with Crippen LogP contribution in [0.2, 0.25) is 0 Å². The maximum atomic E-state index is 13.1. The molecule has 2 aromatic carbocycles. The Morgan fingerprint density at radius 1 is 1.07 bits per heavy atom. The second kappa shape index (κ2) is 7.98. The molecular weight excluding hydrogens is 374 g/mol. The summed E-state index contributed by atoms with van der Waals surface area (Å²) in [6.45, 7) is 1.60. The number of carbonyl (C=O) groups excluding carboxylic acids is 2. The van der Waals surface area contributed by atoms with Gasteiger partial charge in [-0.05, 0) is 24.1 Å². The first-order valence-corrected chi connectivity index (χ1v) is 10.1. The summed E-state index contributed by atoms with van der Waals surface area (Å²) in [5.74, 6) is -0.110. The van der Waals surface area contributed by atoms with Crippen LogP contribution >= 0.6 is 11.5 Å². The number of fused-ring (bicyclic) bond motifs is 1. The van der Waals surface area contributed by atoms with Gasteiger partial charge in [0.2, 0.25) is 11.8 Å². The van der Waals surface area contributed by atoms with E-state index in [0.717, 1.165) is 23.2 Å². The predicted molar refractivity (Wildman–Crippen MR) is 109 cm³/mol. The van der Waals surface area contributed by atoms with Gasteiger partial charge in [0.15, 0.2) is 6.04 Å². The van der Waals surface area contributed by atoms with Crippen molar-refractivity contribution in [1.82, 2.24) is 14.2 Å². The van der Waals surface area contributed by atoms with E-state index in [1.807, 2.05) is 48.5 Å². The molecule has 1 atom stereocenters. The number of hydrogen-bond donors (Lipinski definition) is 1. The van der Waals surface area contributed by atoms with Crippen molar-refractivity contribution >= 4 is 33.4 Å². The number of nitrogens with zero attached hydrogens (tertiary/aromatic N) is 2. The Kier molecular flexibility index (Phi) is 5.25. The Balaban J connectivity index is 1.60. The molecule has 2 heterocycles. The van der Waals surface area contributed by atoms with Gasteiger partial charge in [0.05, 0.1) is 10.1 Å². The van der Waals surface area contributed by atoms with Gasteiger partial charge in [-0.25, -0.2) is 3.96 Å². The van der Waals surface area contributed by atoms with Crippen LogP contribution in [0, 0.1) is 0 Å². The molecule has 0 bridgehead atoms. The zero-order valence-corrected chi connectivity index (χ0v) is 16.2. The third-order valence-electron chi connectivity index (χ3n) is 4.96. The van der Waals surface area contributed by atoms with Gasteiger partial charge in [0, 0.05) is 26.1 Å². The van der Waals surface area contributed by atoms with Crippen LogP contribution in [-0.4, -0.2) is 40.3 Å². The van der Waals surface area contributed by atoms with Crippen molar-refractivity contribution in [2.24, 2.45) is 0 Å². The predicted octanol–water partition coefficient (Wildman–Crippen LogP) is 2.39. The number of nitrogens with one attached hydrogen (secondary N) is 1. The van der Waals surface area contributed by atoms with Crippen LogP contribution in [0.4, 0.5) is 0 Å². The SMILES string of the molecule is O=C(NCCN1CCCC1=O)C(c1ccccc1)n1sc2ccccc2c1=O. The molecular formula is C21H21N3O3S. The van der Waals surface area contributed by atoms with E-state index in [-0.39, 0.29) is 17.4 Å². The number of carbonyl (C=O) groups is 2. The molecule has 0 saturated carbocycles. The van der Waals surface area contributed by atoms with E-state index in [1.54, 1.807) is 11.0 Å². The molecule has 28 heavy (non-hydrogen) atoms. The minimum atomic E-state index is -0.736. The zero-order valence-electron chi connectivity index (χ0n) is 15.3. The van der Waals surface area contributed by atoms with Gasteiger partial charge in [0.1, 0.15) is 0 Å². The molecule has 3 aromatic rings. The van der Waals surface area contributed by atoms with Crippen LogP contribution in [0.3, 0.4) is 0 Å². The Labute approximate surface area is 166 Å². The molecule has 144 valence electrons. The minimum absolute atomic E-state index is 0.134. The second-order valence-corrected chi connectivity index (χ2v) is 7.82. The molecule has 1 aliphatic rings. The van der Waals surface area contributed by atoms with Crippen LogP contribution in [0.5, 0.6) is 0 Å². The van der Waals surface area contributed by atoms with Gasteiger partial charge in [-0.1, -0.05) is 54.0 Å². The highest BCUT2D eigenvalue weighted by molar-refractivity contribution is 7.14. The van der Waals surface area contributed by atoms with Crippen molar-refractivity contribution in [1.29, 1.82) is 0 Å². The third kappa shape index (κ3) is 3.57. The van der Waals surface area contributed by atoms with Crippen molar-refractivity contribution in [3.05, 3.63) is 70.5 Å². The average Bonchev–Trinajstić information content (AvgIpc) is 3.27. The second-order valence-electron chi connectivity index (χ2n) is 6.81. The summed E-state index contributed by atoms with van der Waals surface area (Å²) in [6.07, 6.45) is 1.45. The molecule has 0 spiro atoms. The topological polar surface area (TPSA) is 71.4 Å². The fourth-order valence-electron chi connectivity index (χ4n) is 3.54. The first kappa shape index (κ1) is 18.4. The van der Waals surface area contributed by atoms with Gasteiger partial charge < -0.3 is 10.2 Å². The molecule has 0 aliphatic carbocycles. The van der Waals surface area contributed by atoms with Crippen molar-refractivity contribution in [3.8, 4) is 0 Å². The Morgan fingerprint density at radius 2 is 1.82 bits per heavy atom. The number of likely N-dealkylation sites (tertiary alicyclic amines) is 1. The summed E-state index contributed by atoms with van der Waals surface area (Å²) in [6, 6.07) is 15.9. The van der Waals surface area contributed by atoms with Crippen LogP contribution in [0.1, 0.15) is 24.4 Å². The van der Waals surface area contributed by atoms with E-state index in [9.17, 15) is 14.4 Å². The molecule has 1 aliphatic heterocycles. The lowest BCUT2D eigenvalue weighted by atomic mass is 10.1. The molecule has 1 fully saturated rings. The van der Waals surface area contributed by atoms with Gasteiger partial charge in [0.25, 0.3) is 5.56 Å². The molecule has 2 amide bonds. The van der Waals surface area contributed by atoms with Crippen molar-refractivity contribution in [2.75, 3.05) is 19.6 Å². The first-order valence-electron chi connectivity index (χ1n) is 9.36.